The normalized spacial score (nSPS) is 15.5. The molecule has 1 aliphatic rings. The Kier molecular flexibility index (Phi) is 8.14. The average Bonchev–Trinajstić information content (AvgIpc) is 3.30. The van der Waals surface area contributed by atoms with Crippen LogP contribution in [0.25, 0.3) is 6.08 Å². The van der Waals surface area contributed by atoms with E-state index >= 15 is 0 Å². The molecule has 2 aromatic carbocycles. The fourth-order valence-electron chi connectivity index (χ4n) is 3.17. The molecule has 1 unspecified atom stereocenters. The summed E-state index contributed by atoms with van der Waals surface area (Å²) in [5.74, 6) is 0.0303. The number of carbonyl (C=O) groups is 2. The van der Waals surface area contributed by atoms with Crippen molar-refractivity contribution in [3.63, 3.8) is 0 Å². The Bertz CT molecular complexity index is 971. The molecule has 3 rings (SSSR count). The van der Waals surface area contributed by atoms with Crippen LogP contribution < -0.4 is 20.7 Å². The van der Waals surface area contributed by atoms with Crippen LogP contribution in [0.4, 0.5) is 5.69 Å². The maximum atomic E-state index is 12.6. The Balaban J connectivity index is 1.56. The van der Waals surface area contributed by atoms with Crippen LogP contribution >= 0.6 is 12.2 Å². The van der Waals surface area contributed by atoms with Gasteiger partial charge >= 0.3 is 0 Å². The zero-order valence-corrected chi connectivity index (χ0v) is 18.0. The number of nitrogens with one attached hydrogen (secondary N) is 3. The molecule has 1 aliphatic heterocycles. The largest absolute Gasteiger partial charge is 0.496 e. The van der Waals surface area contributed by atoms with Gasteiger partial charge in [-0.3, -0.25) is 14.9 Å². The molecule has 8 heteroatoms. The van der Waals surface area contributed by atoms with E-state index in [9.17, 15) is 9.59 Å². The first kappa shape index (κ1) is 22.5. The van der Waals surface area contributed by atoms with E-state index in [1.165, 1.54) is 6.08 Å². The molecule has 1 atom stereocenters. The highest BCUT2D eigenvalue weighted by Crippen LogP contribution is 2.19. The molecule has 0 saturated carbocycles. The SMILES string of the molecule is COc1ccccc1/C=C/C(=O)NC(=S)Nc1ccccc1C(=O)NCC1CCCO1. The highest BCUT2D eigenvalue weighted by molar-refractivity contribution is 7.80. The van der Waals surface area contributed by atoms with Crippen LogP contribution in [0, 0.1) is 0 Å². The van der Waals surface area contributed by atoms with Gasteiger partial charge in [-0.15, -0.1) is 0 Å². The third kappa shape index (κ3) is 6.63. The van der Waals surface area contributed by atoms with Crippen molar-refractivity contribution in [1.29, 1.82) is 0 Å². The second kappa shape index (κ2) is 11.2. The molecular weight excluding hydrogens is 414 g/mol. The van der Waals surface area contributed by atoms with Gasteiger partial charge in [-0.2, -0.15) is 0 Å². The Hall–Kier alpha value is -3.23. The quantitative estimate of drug-likeness (QED) is 0.454. The lowest BCUT2D eigenvalue weighted by atomic mass is 10.1. The van der Waals surface area contributed by atoms with E-state index in [4.69, 9.17) is 21.7 Å². The van der Waals surface area contributed by atoms with Gasteiger partial charge in [0.1, 0.15) is 5.75 Å². The average molecular weight is 440 g/mol. The van der Waals surface area contributed by atoms with Gasteiger partial charge in [0.25, 0.3) is 5.91 Å². The van der Waals surface area contributed by atoms with Crippen LogP contribution in [0.5, 0.6) is 5.75 Å². The van der Waals surface area contributed by atoms with Crippen LogP contribution in [0.15, 0.2) is 54.6 Å². The minimum atomic E-state index is -0.399. The van der Waals surface area contributed by atoms with Gasteiger partial charge in [-0.1, -0.05) is 30.3 Å². The van der Waals surface area contributed by atoms with Crippen molar-refractivity contribution in [3.8, 4) is 5.75 Å². The van der Waals surface area contributed by atoms with Gasteiger partial charge in [-0.05, 0) is 49.3 Å². The van der Waals surface area contributed by atoms with E-state index in [1.807, 2.05) is 24.3 Å². The Morgan fingerprint density at radius 2 is 1.97 bits per heavy atom. The molecule has 0 aromatic heterocycles. The van der Waals surface area contributed by atoms with Crippen LogP contribution in [0.3, 0.4) is 0 Å². The van der Waals surface area contributed by atoms with Crippen molar-refractivity contribution in [2.45, 2.75) is 18.9 Å². The van der Waals surface area contributed by atoms with Gasteiger partial charge < -0.3 is 20.1 Å². The summed E-state index contributed by atoms with van der Waals surface area (Å²) in [6.45, 7) is 1.19. The molecule has 2 aromatic rings. The number of ether oxygens (including phenoxy) is 2. The lowest BCUT2D eigenvalue weighted by molar-refractivity contribution is -0.115. The minimum Gasteiger partial charge on any atom is -0.496 e. The monoisotopic (exact) mass is 439 g/mol. The molecule has 0 radical (unpaired) electrons. The molecule has 0 aliphatic carbocycles. The second-order valence-corrected chi connectivity index (χ2v) is 7.32. The number of methoxy groups -OCH3 is 1. The first-order chi connectivity index (χ1) is 15.1. The Morgan fingerprint density at radius 3 is 2.74 bits per heavy atom. The molecule has 2 amide bonds. The molecule has 1 saturated heterocycles. The van der Waals surface area contributed by atoms with Crippen molar-refractivity contribution in [3.05, 3.63) is 65.7 Å². The summed E-state index contributed by atoms with van der Waals surface area (Å²) >= 11 is 5.24. The zero-order chi connectivity index (χ0) is 22.1. The number of rotatable bonds is 7. The lowest BCUT2D eigenvalue weighted by Gasteiger charge is -2.14. The predicted molar refractivity (Wildman–Crippen MR) is 124 cm³/mol. The van der Waals surface area contributed by atoms with Crippen molar-refractivity contribution < 1.29 is 19.1 Å². The smallest absolute Gasteiger partial charge is 0.253 e. The number of thiocarbonyl (C=S) groups is 1. The maximum absolute atomic E-state index is 12.6. The predicted octanol–water partition coefficient (Wildman–Crippen LogP) is 3.13. The topological polar surface area (TPSA) is 88.7 Å². The first-order valence-corrected chi connectivity index (χ1v) is 10.4. The minimum absolute atomic E-state index is 0.0551. The number of carbonyl (C=O) groups excluding carboxylic acids is 2. The number of anilines is 1. The third-order valence-electron chi connectivity index (χ3n) is 4.72. The molecular formula is C23H25N3O4S. The number of hydrogen-bond donors (Lipinski definition) is 3. The van der Waals surface area contributed by atoms with Crippen molar-refractivity contribution >= 4 is 40.9 Å². The first-order valence-electron chi connectivity index (χ1n) is 9.98. The fraction of sp³-hybridized carbons (Fsp3) is 0.261. The molecule has 1 heterocycles. The van der Waals surface area contributed by atoms with Gasteiger partial charge in [0.05, 0.1) is 24.5 Å². The van der Waals surface area contributed by atoms with Crippen LogP contribution in [-0.2, 0) is 9.53 Å². The van der Waals surface area contributed by atoms with E-state index in [0.717, 1.165) is 25.0 Å². The zero-order valence-electron chi connectivity index (χ0n) is 17.2. The molecule has 1 fully saturated rings. The highest BCUT2D eigenvalue weighted by Gasteiger charge is 2.18. The van der Waals surface area contributed by atoms with Gasteiger partial charge in [-0.25, -0.2) is 0 Å². The Labute approximate surface area is 186 Å². The summed E-state index contributed by atoms with van der Waals surface area (Å²) in [7, 11) is 1.57. The Morgan fingerprint density at radius 1 is 1.19 bits per heavy atom. The lowest BCUT2D eigenvalue weighted by Crippen LogP contribution is -2.35. The summed E-state index contributed by atoms with van der Waals surface area (Å²) in [5, 5.41) is 8.48. The molecule has 162 valence electrons. The number of benzene rings is 2. The van der Waals surface area contributed by atoms with E-state index in [1.54, 1.807) is 37.5 Å². The van der Waals surface area contributed by atoms with E-state index in [2.05, 4.69) is 16.0 Å². The standard InChI is InChI=1S/C23H25N3O4S/c1-29-20-11-5-2-7-16(20)12-13-21(27)26-23(31)25-19-10-4-3-9-18(19)22(28)24-15-17-8-6-14-30-17/h2-5,7,9-13,17H,6,8,14-15H2,1H3,(H,24,28)(H2,25,26,27,31)/b13-12+. The number of hydrogen-bond acceptors (Lipinski definition) is 5. The van der Waals surface area contributed by atoms with Gasteiger partial charge in [0.15, 0.2) is 5.11 Å². The van der Waals surface area contributed by atoms with Gasteiger partial charge in [0.2, 0.25) is 5.91 Å². The fourth-order valence-corrected chi connectivity index (χ4v) is 3.38. The van der Waals surface area contributed by atoms with Crippen molar-refractivity contribution in [1.82, 2.24) is 10.6 Å². The van der Waals surface area contributed by atoms with Crippen LogP contribution in [0.2, 0.25) is 0 Å². The summed E-state index contributed by atoms with van der Waals surface area (Å²) in [6.07, 6.45) is 5.02. The molecule has 0 bridgehead atoms. The van der Waals surface area contributed by atoms with E-state index < -0.39 is 5.91 Å². The van der Waals surface area contributed by atoms with E-state index in [0.29, 0.717) is 23.5 Å². The van der Waals surface area contributed by atoms with E-state index in [-0.39, 0.29) is 17.1 Å². The summed E-state index contributed by atoms with van der Waals surface area (Å²) in [4.78, 5) is 24.8. The molecule has 31 heavy (non-hydrogen) atoms. The maximum Gasteiger partial charge on any atom is 0.253 e. The molecule has 7 nitrogen and oxygen atoms in total. The summed E-state index contributed by atoms with van der Waals surface area (Å²) in [6, 6.07) is 14.3. The number of amides is 2. The highest BCUT2D eigenvalue weighted by atomic mass is 32.1. The van der Waals surface area contributed by atoms with Crippen molar-refractivity contribution in [2.75, 3.05) is 25.6 Å². The second-order valence-electron chi connectivity index (χ2n) is 6.91. The third-order valence-corrected chi connectivity index (χ3v) is 4.93. The summed E-state index contributed by atoms with van der Waals surface area (Å²) < 4.78 is 10.8. The summed E-state index contributed by atoms with van der Waals surface area (Å²) in [5.41, 5.74) is 1.71. The van der Waals surface area contributed by atoms with Crippen molar-refractivity contribution in [2.24, 2.45) is 0 Å². The number of para-hydroxylation sites is 2. The van der Waals surface area contributed by atoms with Crippen LogP contribution in [-0.4, -0.2) is 43.3 Å². The molecule has 0 spiro atoms. The molecule has 3 N–H and O–H groups in total. The van der Waals surface area contributed by atoms with Crippen LogP contribution in [0.1, 0.15) is 28.8 Å². The van der Waals surface area contributed by atoms with Gasteiger partial charge in [0, 0.05) is 24.8 Å².